The topological polar surface area (TPSA) is 101 Å². The lowest BCUT2D eigenvalue weighted by molar-refractivity contribution is -0.119. The molecule has 4 N–H and O–H groups in total. The van der Waals surface area contributed by atoms with Crippen molar-refractivity contribution in [3.05, 3.63) is 24.0 Å². The smallest absolute Gasteiger partial charge is 0.243 e. The van der Waals surface area contributed by atoms with Crippen LogP contribution >= 0.6 is 0 Å². The summed E-state index contributed by atoms with van der Waals surface area (Å²) in [5.41, 5.74) is 5.61. The number of carbonyl (C=O) groups excluding carboxylic acids is 1. The van der Waals surface area contributed by atoms with Gasteiger partial charge in [-0.1, -0.05) is 0 Å². The van der Waals surface area contributed by atoms with Crippen molar-refractivity contribution in [2.75, 3.05) is 12.3 Å². The van der Waals surface area contributed by atoms with Crippen LogP contribution in [0.3, 0.4) is 0 Å². The summed E-state index contributed by atoms with van der Waals surface area (Å²) in [6, 6.07) is 3.09. The van der Waals surface area contributed by atoms with Crippen LogP contribution in [0.5, 0.6) is 0 Å². The minimum atomic E-state index is -3.97. The SMILES string of the molecule is Nc1ccc(F)c(S(=O)(=O)NCC2CCC(=O)N2)c1. The molecule has 2 rings (SSSR count). The first-order chi connectivity index (χ1) is 8.88. The first-order valence-electron chi connectivity index (χ1n) is 5.72. The Balaban J connectivity index is 2.10. The molecular weight excluding hydrogens is 273 g/mol. The number of nitrogens with two attached hydrogens (primary N) is 1. The van der Waals surface area contributed by atoms with Gasteiger partial charge in [0.1, 0.15) is 10.7 Å². The number of amides is 1. The maximum Gasteiger partial charge on any atom is 0.243 e. The fourth-order valence-electron chi connectivity index (χ4n) is 1.84. The second-order valence-corrected chi connectivity index (χ2v) is 6.08. The zero-order chi connectivity index (χ0) is 14.0. The third-order valence-electron chi connectivity index (χ3n) is 2.85. The van der Waals surface area contributed by atoms with E-state index in [1.165, 1.54) is 6.07 Å². The molecule has 1 aliphatic rings. The van der Waals surface area contributed by atoms with E-state index in [4.69, 9.17) is 5.73 Å². The standard InChI is InChI=1S/C11H14FN3O3S/c12-9-3-1-7(13)5-10(9)19(17,18)14-6-8-2-4-11(16)15-8/h1,3,5,8,14H,2,4,6,13H2,(H,15,16). The van der Waals surface area contributed by atoms with E-state index in [0.717, 1.165) is 12.1 Å². The number of sulfonamides is 1. The van der Waals surface area contributed by atoms with Crippen molar-refractivity contribution in [1.82, 2.24) is 10.0 Å². The first-order valence-corrected chi connectivity index (χ1v) is 7.21. The highest BCUT2D eigenvalue weighted by atomic mass is 32.2. The van der Waals surface area contributed by atoms with E-state index in [1.54, 1.807) is 0 Å². The van der Waals surface area contributed by atoms with E-state index >= 15 is 0 Å². The monoisotopic (exact) mass is 287 g/mol. The summed E-state index contributed by atoms with van der Waals surface area (Å²) in [6.45, 7) is 0.0301. The van der Waals surface area contributed by atoms with Gasteiger partial charge in [0.2, 0.25) is 15.9 Å². The number of halogens is 1. The minimum Gasteiger partial charge on any atom is -0.399 e. The zero-order valence-corrected chi connectivity index (χ0v) is 10.8. The van der Waals surface area contributed by atoms with Gasteiger partial charge < -0.3 is 11.1 Å². The van der Waals surface area contributed by atoms with Gasteiger partial charge in [0.05, 0.1) is 0 Å². The van der Waals surface area contributed by atoms with E-state index in [-0.39, 0.29) is 24.2 Å². The van der Waals surface area contributed by atoms with Crippen molar-refractivity contribution >= 4 is 21.6 Å². The molecule has 0 spiro atoms. The van der Waals surface area contributed by atoms with Gasteiger partial charge in [-0.15, -0.1) is 0 Å². The molecule has 1 unspecified atom stereocenters. The van der Waals surface area contributed by atoms with E-state index in [2.05, 4.69) is 10.0 Å². The summed E-state index contributed by atoms with van der Waals surface area (Å²) >= 11 is 0. The highest BCUT2D eigenvalue weighted by Gasteiger charge is 2.24. The van der Waals surface area contributed by atoms with Crippen LogP contribution in [-0.2, 0) is 14.8 Å². The van der Waals surface area contributed by atoms with Gasteiger partial charge in [-0.2, -0.15) is 0 Å². The van der Waals surface area contributed by atoms with Gasteiger partial charge >= 0.3 is 0 Å². The molecule has 19 heavy (non-hydrogen) atoms. The van der Waals surface area contributed by atoms with Gasteiger partial charge in [-0.25, -0.2) is 17.5 Å². The molecule has 1 amide bonds. The van der Waals surface area contributed by atoms with Crippen LogP contribution in [0.4, 0.5) is 10.1 Å². The van der Waals surface area contributed by atoms with Gasteiger partial charge in [0.25, 0.3) is 0 Å². The molecule has 0 aliphatic carbocycles. The van der Waals surface area contributed by atoms with Crippen molar-refractivity contribution in [3.8, 4) is 0 Å². The molecule has 8 heteroatoms. The number of benzene rings is 1. The lowest BCUT2D eigenvalue weighted by Crippen LogP contribution is -2.38. The third-order valence-corrected chi connectivity index (χ3v) is 4.29. The van der Waals surface area contributed by atoms with Gasteiger partial charge in [0, 0.05) is 24.7 Å². The van der Waals surface area contributed by atoms with E-state index < -0.39 is 20.7 Å². The summed E-state index contributed by atoms with van der Waals surface area (Å²) in [7, 11) is -3.97. The number of hydrogen-bond donors (Lipinski definition) is 3. The molecule has 1 aromatic carbocycles. The Morgan fingerprint density at radius 3 is 2.84 bits per heavy atom. The van der Waals surface area contributed by atoms with Crippen molar-refractivity contribution in [2.45, 2.75) is 23.8 Å². The summed E-state index contributed by atoms with van der Waals surface area (Å²) in [4.78, 5) is 10.5. The van der Waals surface area contributed by atoms with Gasteiger partial charge in [0.15, 0.2) is 0 Å². The van der Waals surface area contributed by atoms with Gasteiger partial charge in [-0.3, -0.25) is 4.79 Å². The number of carbonyl (C=O) groups is 1. The molecule has 0 aromatic heterocycles. The van der Waals surface area contributed by atoms with Crippen LogP contribution in [0.25, 0.3) is 0 Å². The maximum atomic E-state index is 13.5. The predicted molar refractivity (Wildman–Crippen MR) is 67.2 cm³/mol. The zero-order valence-electron chi connectivity index (χ0n) is 10.0. The highest BCUT2D eigenvalue weighted by Crippen LogP contribution is 2.17. The van der Waals surface area contributed by atoms with E-state index in [0.29, 0.717) is 12.8 Å². The van der Waals surface area contributed by atoms with Gasteiger partial charge in [-0.05, 0) is 24.6 Å². The van der Waals surface area contributed by atoms with E-state index in [1.807, 2.05) is 0 Å². The second-order valence-electron chi connectivity index (χ2n) is 4.34. The highest BCUT2D eigenvalue weighted by molar-refractivity contribution is 7.89. The Hall–Kier alpha value is -1.67. The number of anilines is 1. The summed E-state index contributed by atoms with van der Waals surface area (Å²) in [5, 5.41) is 2.62. The average Bonchev–Trinajstić information content (AvgIpc) is 2.76. The maximum absolute atomic E-state index is 13.5. The Labute approximate surface area is 110 Å². The van der Waals surface area contributed by atoms with Crippen molar-refractivity contribution in [3.63, 3.8) is 0 Å². The average molecular weight is 287 g/mol. The van der Waals surface area contributed by atoms with E-state index in [9.17, 15) is 17.6 Å². The van der Waals surface area contributed by atoms with Crippen molar-refractivity contribution in [1.29, 1.82) is 0 Å². The number of hydrogen-bond acceptors (Lipinski definition) is 4. The fraction of sp³-hybridized carbons (Fsp3) is 0.364. The summed E-state index contributed by atoms with van der Waals surface area (Å²) in [6.07, 6.45) is 0.930. The molecule has 1 saturated heterocycles. The lowest BCUT2D eigenvalue weighted by atomic mass is 10.2. The van der Waals surface area contributed by atoms with Crippen LogP contribution in [0.15, 0.2) is 23.1 Å². The quantitative estimate of drug-likeness (QED) is 0.677. The van der Waals surface area contributed by atoms with Crippen molar-refractivity contribution in [2.24, 2.45) is 0 Å². The van der Waals surface area contributed by atoms with Crippen LogP contribution < -0.4 is 15.8 Å². The summed E-state index contributed by atoms with van der Waals surface area (Å²) < 4.78 is 39.6. The predicted octanol–water partition coefficient (Wildman–Crippen LogP) is -0.0352. The Morgan fingerprint density at radius 1 is 1.47 bits per heavy atom. The number of rotatable bonds is 4. The lowest BCUT2D eigenvalue weighted by Gasteiger charge is -2.12. The molecule has 1 aliphatic heterocycles. The number of nitrogen functional groups attached to an aromatic ring is 1. The van der Waals surface area contributed by atoms with Crippen LogP contribution in [0.1, 0.15) is 12.8 Å². The Morgan fingerprint density at radius 2 is 2.21 bits per heavy atom. The molecule has 6 nitrogen and oxygen atoms in total. The largest absolute Gasteiger partial charge is 0.399 e. The van der Waals surface area contributed by atoms with Crippen LogP contribution in [0.2, 0.25) is 0 Å². The molecule has 1 heterocycles. The third kappa shape index (κ3) is 3.21. The molecular formula is C11H14FN3O3S. The van der Waals surface area contributed by atoms with Crippen molar-refractivity contribution < 1.29 is 17.6 Å². The first kappa shape index (κ1) is 13.8. The molecule has 1 fully saturated rings. The fourth-order valence-corrected chi connectivity index (χ4v) is 3.04. The molecule has 1 aromatic rings. The van der Waals surface area contributed by atoms with Crippen LogP contribution in [0, 0.1) is 5.82 Å². The molecule has 0 radical (unpaired) electrons. The second kappa shape index (κ2) is 5.14. The van der Waals surface area contributed by atoms with Crippen LogP contribution in [-0.4, -0.2) is 26.9 Å². The molecule has 104 valence electrons. The normalized spacial score (nSPS) is 19.4. The summed E-state index contributed by atoms with van der Waals surface area (Å²) in [5.74, 6) is -0.975. The molecule has 0 bridgehead atoms. The molecule has 1 atom stereocenters. The minimum absolute atomic E-state index is 0.0301. The Bertz CT molecular complexity index is 603. The Kier molecular flexibility index (Phi) is 3.72. The number of nitrogens with one attached hydrogen (secondary N) is 2. The molecule has 0 saturated carbocycles.